The van der Waals surface area contributed by atoms with Crippen LogP contribution in [0.1, 0.15) is 227 Å². The van der Waals surface area contributed by atoms with E-state index in [4.69, 9.17) is 9.47 Å². The second-order valence-electron chi connectivity index (χ2n) is 15.0. The summed E-state index contributed by atoms with van der Waals surface area (Å²) in [5.41, 5.74) is -0.410. The van der Waals surface area contributed by atoms with Gasteiger partial charge in [0.2, 0.25) is 0 Å². The Kier molecular flexibility index (Phi) is 38.1. The number of hydrogen-bond donors (Lipinski definition) is 0. The van der Waals surface area contributed by atoms with Crippen molar-refractivity contribution < 1.29 is 83.4 Å². The van der Waals surface area contributed by atoms with Crippen LogP contribution in [0.4, 0.5) is 0 Å². The number of unbranched alkanes of at least 4 members (excludes halogenated alkanes) is 26. The smallest absolute Gasteiger partial charge is 0.744 e. The van der Waals surface area contributed by atoms with Gasteiger partial charge in [-0.2, -0.15) is 0 Å². The van der Waals surface area contributed by atoms with Crippen LogP contribution in [0.25, 0.3) is 0 Å². The van der Waals surface area contributed by atoms with Gasteiger partial charge in [-0.1, -0.05) is 192 Å². The summed E-state index contributed by atoms with van der Waals surface area (Å²) in [6, 6.07) is 3.06. The van der Waals surface area contributed by atoms with Crippen LogP contribution in [0.5, 0.6) is 0 Å². The quantitative estimate of drug-likeness (QED) is 0.0216. The summed E-state index contributed by atoms with van der Waals surface area (Å²) in [7, 11) is -4.83. The summed E-state index contributed by atoms with van der Waals surface area (Å²) in [5, 5.41) is 0. The number of benzene rings is 1. The topological polar surface area (TPSA) is 110 Å². The molecular weight excluding hydrogens is 736 g/mol. The standard InChI is InChI=1S/C46H78O7S.K/c1-3-5-7-9-11-13-15-17-19-21-23-25-27-29-31-33-35-39-52-45(47)43-38-37-42(54(49,50)51)41-44(43)46(48)53-40-36-34-32-30-28-26-24-22-20-18-16-14-12-10-8-6-4-2;/h31-34,37-38,41H,3-30,35-36,39-40H2,1-2H3,(H,49,50,51);/q;+1/p-1/b33-31+,34-32+;. The van der Waals surface area contributed by atoms with E-state index in [9.17, 15) is 22.6 Å². The maximum atomic E-state index is 12.9. The Balaban J connectivity index is 0.0000292. The molecule has 0 saturated heterocycles. The number of carbonyl (C=O) groups excluding carboxylic acids is 2. The summed E-state index contributed by atoms with van der Waals surface area (Å²) < 4.78 is 45.6. The average molecular weight is 813 g/mol. The Morgan fingerprint density at radius 3 is 1.15 bits per heavy atom. The van der Waals surface area contributed by atoms with Crippen LogP contribution in [0.3, 0.4) is 0 Å². The fourth-order valence-corrected chi connectivity index (χ4v) is 7.15. The van der Waals surface area contributed by atoms with E-state index in [0.29, 0.717) is 12.8 Å². The zero-order chi connectivity index (χ0) is 39.4. The molecule has 0 aromatic heterocycles. The monoisotopic (exact) mass is 813 g/mol. The van der Waals surface area contributed by atoms with E-state index in [1.54, 1.807) is 0 Å². The molecule has 0 radical (unpaired) electrons. The molecule has 0 heterocycles. The number of allylic oxidation sites excluding steroid dienone is 2. The Hall–Kier alpha value is -0.814. The third-order valence-electron chi connectivity index (χ3n) is 10.0. The van der Waals surface area contributed by atoms with Crippen LogP contribution in [-0.2, 0) is 19.6 Å². The second kappa shape index (κ2) is 38.7. The predicted molar refractivity (Wildman–Crippen MR) is 223 cm³/mol. The maximum Gasteiger partial charge on any atom is 1.00 e. The second-order valence-corrected chi connectivity index (χ2v) is 16.4. The van der Waals surface area contributed by atoms with Crippen molar-refractivity contribution in [2.45, 2.75) is 211 Å². The van der Waals surface area contributed by atoms with Gasteiger partial charge < -0.3 is 14.0 Å². The number of rotatable bonds is 37. The Morgan fingerprint density at radius 2 is 0.800 bits per heavy atom. The van der Waals surface area contributed by atoms with E-state index in [0.717, 1.165) is 43.9 Å². The molecule has 0 bridgehead atoms. The van der Waals surface area contributed by atoms with Gasteiger partial charge >= 0.3 is 63.3 Å². The van der Waals surface area contributed by atoms with Crippen LogP contribution < -0.4 is 51.4 Å². The Morgan fingerprint density at radius 1 is 0.491 bits per heavy atom. The minimum Gasteiger partial charge on any atom is -0.744 e. The van der Waals surface area contributed by atoms with Crippen LogP contribution in [-0.4, -0.2) is 38.1 Å². The number of ether oxygens (including phenoxy) is 2. The van der Waals surface area contributed by atoms with Crippen molar-refractivity contribution in [3.8, 4) is 0 Å². The van der Waals surface area contributed by atoms with Crippen molar-refractivity contribution in [3.63, 3.8) is 0 Å². The van der Waals surface area contributed by atoms with E-state index < -0.39 is 27.0 Å². The molecule has 55 heavy (non-hydrogen) atoms. The van der Waals surface area contributed by atoms with E-state index in [1.807, 2.05) is 12.2 Å². The molecule has 0 saturated carbocycles. The summed E-state index contributed by atoms with van der Waals surface area (Å²) >= 11 is 0. The van der Waals surface area contributed by atoms with Gasteiger partial charge in [-0.3, -0.25) is 0 Å². The number of hydrogen-bond acceptors (Lipinski definition) is 7. The van der Waals surface area contributed by atoms with E-state index in [2.05, 4.69) is 26.0 Å². The first-order valence-corrected chi connectivity index (χ1v) is 23.5. The van der Waals surface area contributed by atoms with Crippen molar-refractivity contribution in [1.29, 1.82) is 0 Å². The normalized spacial score (nSPS) is 11.7. The maximum absolute atomic E-state index is 12.9. The summed E-state index contributed by atoms with van der Waals surface area (Å²) in [6.45, 7) is 4.71. The fourth-order valence-electron chi connectivity index (χ4n) is 6.65. The molecule has 0 aliphatic rings. The molecule has 0 unspecified atom stereocenters. The number of esters is 2. The third kappa shape index (κ3) is 31.8. The van der Waals surface area contributed by atoms with Gasteiger partial charge in [-0.15, -0.1) is 0 Å². The van der Waals surface area contributed by atoms with E-state index >= 15 is 0 Å². The first-order chi connectivity index (χ1) is 26.3. The van der Waals surface area contributed by atoms with Crippen molar-refractivity contribution in [1.82, 2.24) is 0 Å². The molecule has 0 aliphatic heterocycles. The van der Waals surface area contributed by atoms with Crippen LogP contribution in [0, 0.1) is 0 Å². The molecule has 7 nitrogen and oxygen atoms in total. The Labute approximate surface area is 380 Å². The molecule has 1 aromatic carbocycles. The zero-order valence-corrected chi connectivity index (χ0v) is 39.4. The molecule has 0 fully saturated rings. The number of carbonyl (C=O) groups is 2. The molecule has 0 atom stereocenters. The summed E-state index contributed by atoms with van der Waals surface area (Å²) in [4.78, 5) is 25.2. The van der Waals surface area contributed by atoms with Gasteiger partial charge in [0.25, 0.3) is 0 Å². The molecular formula is C46H77KO7S. The molecule has 0 spiro atoms. The molecule has 1 aromatic rings. The SMILES string of the molecule is CCCCCCCCCCCCCCC/C=C/CCOC(=O)c1ccc(S(=O)(=O)[O-])cc1C(=O)OCC/C=C/CCCCCCCCCCCCCCC.[K+]. The van der Waals surface area contributed by atoms with Crippen molar-refractivity contribution in [2.75, 3.05) is 13.2 Å². The van der Waals surface area contributed by atoms with Gasteiger partial charge in [0.15, 0.2) is 0 Å². The zero-order valence-electron chi connectivity index (χ0n) is 35.4. The van der Waals surface area contributed by atoms with Gasteiger partial charge in [-0.05, 0) is 56.7 Å². The minimum absolute atomic E-state index is 0. The summed E-state index contributed by atoms with van der Waals surface area (Å²) in [6.07, 6.45) is 45.6. The fraction of sp³-hybridized carbons (Fsp3) is 0.739. The van der Waals surface area contributed by atoms with E-state index in [1.165, 1.54) is 154 Å². The van der Waals surface area contributed by atoms with Gasteiger partial charge in [0, 0.05) is 0 Å². The van der Waals surface area contributed by atoms with Crippen LogP contribution >= 0.6 is 0 Å². The predicted octanol–water partition coefficient (Wildman–Crippen LogP) is 10.8. The first-order valence-electron chi connectivity index (χ1n) is 22.0. The van der Waals surface area contributed by atoms with Crippen LogP contribution in [0.2, 0.25) is 0 Å². The molecule has 0 aliphatic carbocycles. The van der Waals surface area contributed by atoms with Gasteiger partial charge in [0.1, 0.15) is 10.1 Å². The van der Waals surface area contributed by atoms with E-state index in [-0.39, 0.29) is 75.7 Å². The first kappa shape index (κ1) is 54.2. The molecule has 310 valence electrons. The molecule has 9 heteroatoms. The summed E-state index contributed by atoms with van der Waals surface area (Å²) in [5.74, 6) is -1.63. The third-order valence-corrected chi connectivity index (χ3v) is 10.9. The average Bonchev–Trinajstić information content (AvgIpc) is 3.16. The minimum atomic E-state index is -4.83. The van der Waals surface area contributed by atoms with Crippen LogP contribution in [0.15, 0.2) is 47.4 Å². The van der Waals surface area contributed by atoms with Crippen molar-refractivity contribution in [2.24, 2.45) is 0 Å². The molecule has 0 N–H and O–H groups in total. The largest absolute Gasteiger partial charge is 1.00 e. The van der Waals surface area contributed by atoms with Gasteiger partial charge in [0.05, 0.1) is 29.2 Å². The van der Waals surface area contributed by atoms with Crippen molar-refractivity contribution >= 4 is 22.1 Å². The van der Waals surface area contributed by atoms with Crippen molar-refractivity contribution in [3.05, 3.63) is 53.6 Å². The van der Waals surface area contributed by atoms with Gasteiger partial charge in [-0.25, -0.2) is 18.0 Å². The molecule has 1 rings (SSSR count). The Bertz CT molecular complexity index is 1240. The molecule has 0 amide bonds.